The average Bonchev–Trinajstić information content (AvgIpc) is 2.45. The first-order valence-electron chi connectivity index (χ1n) is 5.78. The van der Waals surface area contributed by atoms with Gasteiger partial charge in [-0.3, -0.25) is 0 Å². The molecule has 0 unspecified atom stereocenters. The molecule has 19 heavy (non-hydrogen) atoms. The first kappa shape index (κ1) is 13.0. The zero-order valence-electron chi connectivity index (χ0n) is 10.9. The highest BCUT2D eigenvalue weighted by atomic mass is 16.5. The van der Waals surface area contributed by atoms with Gasteiger partial charge >= 0.3 is 0 Å². The first-order chi connectivity index (χ1) is 9.24. The van der Waals surface area contributed by atoms with E-state index in [1.165, 1.54) is 0 Å². The second-order valence-corrected chi connectivity index (χ2v) is 3.87. The Kier molecular flexibility index (Phi) is 4.07. The lowest BCUT2D eigenvalue weighted by Crippen LogP contribution is -2.01. The number of nitrogen functional groups attached to an aromatic ring is 1. The summed E-state index contributed by atoms with van der Waals surface area (Å²) in [6.45, 7) is 0.330. The Balaban J connectivity index is 2.16. The Bertz CT molecular complexity index is 558. The molecule has 0 aliphatic rings. The molecule has 0 fully saturated rings. The standard InChI is InChI=1S/C14H16N2O3/c1-17-12-6-5-11(15)8-13(12)19-9-10-4-3-7-16-14(10)18-2/h3-8H,9,15H2,1-2H3. The second kappa shape index (κ2) is 5.95. The summed E-state index contributed by atoms with van der Waals surface area (Å²) < 4.78 is 16.1. The molecule has 0 aliphatic heterocycles. The molecule has 1 heterocycles. The van der Waals surface area contributed by atoms with E-state index in [1.54, 1.807) is 38.6 Å². The highest BCUT2D eigenvalue weighted by molar-refractivity contribution is 5.52. The van der Waals surface area contributed by atoms with Crippen molar-refractivity contribution in [2.45, 2.75) is 6.61 Å². The maximum atomic E-state index is 5.73. The molecule has 0 bridgehead atoms. The summed E-state index contributed by atoms with van der Waals surface area (Å²) in [4.78, 5) is 4.11. The van der Waals surface area contributed by atoms with Crippen molar-refractivity contribution in [1.29, 1.82) is 0 Å². The minimum Gasteiger partial charge on any atom is -0.493 e. The number of nitrogens with zero attached hydrogens (tertiary/aromatic N) is 1. The third-order valence-corrected chi connectivity index (χ3v) is 2.61. The van der Waals surface area contributed by atoms with Gasteiger partial charge in [0.15, 0.2) is 11.5 Å². The zero-order chi connectivity index (χ0) is 13.7. The minimum absolute atomic E-state index is 0.330. The third kappa shape index (κ3) is 3.07. The van der Waals surface area contributed by atoms with Crippen LogP contribution in [-0.4, -0.2) is 19.2 Å². The van der Waals surface area contributed by atoms with Crippen molar-refractivity contribution >= 4 is 5.69 Å². The van der Waals surface area contributed by atoms with Gasteiger partial charge in [-0.15, -0.1) is 0 Å². The van der Waals surface area contributed by atoms with Crippen molar-refractivity contribution in [1.82, 2.24) is 4.98 Å². The molecule has 0 radical (unpaired) electrons. The monoisotopic (exact) mass is 260 g/mol. The van der Waals surface area contributed by atoms with Gasteiger partial charge in [-0.25, -0.2) is 4.98 Å². The number of hydrogen-bond donors (Lipinski definition) is 1. The summed E-state index contributed by atoms with van der Waals surface area (Å²) in [5.41, 5.74) is 7.21. The predicted octanol–water partition coefficient (Wildman–Crippen LogP) is 2.26. The number of methoxy groups -OCH3 is 2. The Morgan fingerprint density at radius 3 is 2.68 bits per heavy atom. The van der Waals surface area contributed by atoms with Gasteiger partial charge in [0.05, 0.1) is 19.8 Å². The van der Waals surface area contributed by atoms with Crippen LogP contribution < -0.4 is 19.9 Å². The smallest absolute Gasteiger partial charge is 0.219 e. The van der Waals surface area contributed by atoms with Gasteiger partial charge in [0.2, 0.25) is 5.88 Å². The fraction of sp³-hybridized carbons (Fsp3) is 0.214. The van der Waals surface area contributed by atoms with Crippen LogP contribution in [0, 0.1) is 0 Å². The molecule has 2 aromatic rings. The van der Waals surface area contributed by atoms with Crippen LogP contribution in [0.5, 0.6) is 17.4 Å². The van der Waals surface area contributed by atoms with Gasteiger partial charge in [-0.05, 0) is 24.3 Å². The lowest BCUT2D eigenvalue weighted by Gasteiger charge is -2.12. The van der Waals surface area contributed by atoms with Crippen molar-refractivity contribution in [2.24, 2.45) is 0 Å². The summed E-state index contributed by atoms with van der Waals surface area (Å²) in [6.07, 6.45) is 1.67. The lowest BCUT2D eigenvalue weighted by molar-refractivity contribution is 0.276. The van der Waals surface area contributed by atoms with Gasteiger partial charge in [0, 0.05) is 18.0 Å². The van der Waals surface area contributed by atoms with Crippen molar-refractivity contribution in [3.05, 3.63) is 42.1 Å². The van der Waals surface area contributed by atoms with Crippen LogP contribution in [0.3, 0.4) is 0 Å². The van der Waals surface area contributed by atoms with E-state index < -0.39 is 0 Å². The number of ether oxygens (including phenoxy) is 3. The van der Waals surface area contributed by atoms with Crippen molar-refractivity contribution in [3.63, 3.8) is 0 Å². The minimum atomic E-state index is 0.330. The van der Waals surface area contributed by atoms with Crippen molar-refractivity contribution in [2.75, 3.05) is 20.0 Å². The molecule has 1 aromatic carbocycles. The van der Waals surface area contributed by atoms with Gasteiger partial charge in [-0.1, -0.05) is 0 Å². The second-order valence-electron chi connectivity index (χ2n) is 3.87. The zero-order valence-corrected chi connectivity index (χ0v) is 10.9. The third-order valence-electron chi connectivity index (χ3n) is 2.61. The molecule has 0 aliphatic carbocycles. The number of benzene rings is 1. The van der Waals surface area contributed by atoms with Crippen LogP contribution >= 0.6 is 0 Å². The summed E-state index contributed by atoms with van der Waals surface area (Å²) >= 11 is 0. The van der Waals surface area contributed by atoms with E-state index in [9.17, 15) is 0 Å². The van der Waals surface area contributed by atoms with Gasteiger partial charge in [-0.2, -0.15) is 0 Å². The Morgan fingerprint density at radius 2 is 1.95 bits per heavy atom. The number of rotatable bonds is 5. The number of aromatic nitrogens is 1. The quantitative estimate of drug-likeness (QED) is 0.835. The van der Waals surface area contributed by atoms with E-state index in [0.29, 0.717) is 29.7 Å². The number of pyridine rings is 1. The van der Waals surface area contributed by atoms with E-state index in [4.69, 9.17) is 19.9 Å². The average molecular weight is 260 g/mol. The summed E-state index contributed by atoms with van der Waals surface area (Å²) in [5.74, 6) is 1.77. The van der Waals surface area contributed by atoms with Gasteiger partial charge in [0.1, 0.15) is 6.61 Å². The van der Waals surface area contributed by atoms with Crippen molar-refractivity contribution < 1.29 is 14.2 Å². The maximum absolute atomic E-state index is 5.73. The topological polar surface area (TPSA) is 66.6 Å². The molecule has 100 valence electrons. The molecular weight excluding hydrogens is 244 g/mol. The molecule has 1 aromatic heterocycles. The maximum Gasteiger partial charge on any atom is 0.219 e. The summed E-state index contributed by atoms with van der Waals surface area (Å²) in [6, 6.07) is 8.98. The Labute approximate surface area is 111 Å². The molecule has 0 atom stereocenters. The highest BCUT2D eigenvalue weighted by Crippen LogP contribution is 2.30. The normalized spacial score (nSPS) is 10.0. The Hall–Kier alpha value is -2.43. The van der Waals surface area contributed by atoms with Crippen LogP contribution in [0.25, 0.3) is 0 Å². The van der Waals surface area contributed by atoms with Crippen LogP contribution in [-0.2, 0) is 6.61 Å². The van der Waals surface area contributed by atoms with E-state index in [2.05, 4.69) is 4.98 Å². The molecule has 0 saturated heterocycles. The molecule has 2 N–H and O–H groups in total. The fourth-order valence-electron chi connectivity index (χ4n) is 1.68. The molecule has 5 heteroatoms. The molecule has 0 saturated carbocycles. The summed E-state index contributed by atoms with van der Waals surface area (Å²) in [5, 5.41) is 0. The number of hydrogen-bond acceptors (Lipinski definition) is 5. The van der Waals surface area contributed by atoms with Gasteiger partial charge in [0.25, 0.3) is 0 Å². The van der Waals surface area contributed by atoms with Crippen LogP contribution in [0.4, 0.5) is 5.69 Å². The largest absolute Gasteiger partial charge is 0.493 e. The number of anilines is 1. The SMILES string of the molecule is COc1ccc(N)cc1OCc1cccnc1OC. The Morgan fingerprint density at radius 1 is 1.11 bits per heavy atom. The summed E-state index contributed by atoms with van der Waals surface area (Å²) in [7, 11) is 3.16. The molecular formula is C14H16N2O3. The van der Waals surface area contributed by atoms with Crippen LogP contribution in [0.15, 0.2) is 36.5 Å². The fourth-order valence-corrected chi connectivity index (χ4v) is 1.68. The molecule has 5 nitrogen and oxygen atoms in total. The van der Waals surface area contributed by atoms with Crippen molar-refractivity contribution in [3.8, 4) is 17.4 Å². The van der Waals surface area contributed by atoms with Crippen LogP contribution in [0.1, 0.15) is 5.56 Å². The highest BCUT2D eigenvalue weighted by Gasteiger charge is 2.08. The first-order valence-corrected chi connectivity index (χ1v) is 5.78. The predicted molar refractivity (Wildman–Crippen MR) is 72.5 cm³/mol. The number of nitrogens with two attached hydrogens (primary N) is 1. The van der Waals surface area contributed by atoms with E-state index in [-0.39, 0.29) is 0 Å². The van der Waals surface area contributed by atoms with E-state index >= 15 is 0 Å². The van der Waals surface area contributed by atoms with Crippen LogP contribution in [0.2, 0.25) is 0 Å². The molecule has 0 spiro atoms. The van der Waals surface area contributed by atoms with Gasteiger partial charge < -0.3 is 19.9 Å². The lowest BCUT2D eigenvalue weighted by atomic mass is 10.2. The molecule has 0 amide bonds. The molecule has 2 rings (SSSR count). The van der Waals surface area contributed by atoms with E-state index in [0.717, 1.165) is 5.56 Å². The van der Waals surface area contributed by atoms with E-state index in [1.807, 2.05) is 12.1 Å².